The highest BCUT2D eigenvalue weighted by Gasteiger charge is 2.40. The molecule has 1 amide bonds. The fourth-order valence-corrected chi connectivity index (χ4v) is 4.32. The Kier molecular flexibility index (Phi) is 5.39. The molecule has 134 valence electrons. The zero-order valence-corrected chi connectivity index (χ0v) is 14.9. The molecule has 2 unspecified atom stereocenters. The number of benzene rings is 1. The Balaban J connectivity index is 0.00000182. The van der Waals surface area contributed by atoms with Gasteiger partial charge in [-0.1, -0.05) is 29.8 Å². The van der Waals surface area contributed by atoms with Crippen LogP contribution in [0.15, 0.2) is 36.5 Å². The van der Waals surface area contributed by atoms with Crippen LogP contribution in [-0.2, 0) is 0 Å². The van der Waals surface area contributed by atoms with Gasteiger partial charge in [-0.25, -0.2) is 4.68 Å². The maximum Gasteiger partial charge on any atom is 0.273 e. The van der Waals surface area contributed by atoms with Gasteiger partial charge >= 0.3 is 0 Å². The molecule has 1 heterocycles. The number of hydrogen-bond donors (Lipinski definition) is 2. The van der Waals surface area contributed by atoms with Gasteiger partial charge in [0.15, 0.2) is 5.69 Å². The summed E-state index contributed by atoms with van der Waals surface area (Å²) >= 11 is 0. The number of nitrogens with two attached hydrogens (primary N) is 1. The Hall–Kier alpha value is -1.92. The van der Waals surface area contributed by atoms with E-state index < -0.39 is 0 Å². The normalized spacial score (nSPS) is 28.0. The average molecular weight is 362 g/mol. The Morgan fingerprint density at radius 3 is 2.52 bits per heavy atom. The van der Waals surface area contributed by atoms with Crippen LogP contribution in [0, 0.1) is 11.8 Å². The predicted molar refractivity (Wildman–Crippen MR) is 97.9 cm³/mol. The lowest BCUT2D eigenvalue weighted by Gasteiger charge is -2.45. The van der Waals surface area contributed by atoms with E-state index in [1.165, 1.54) is 6.42 Å². The molecular formula is C18H24ClN5O. The molecule has 2 fully saturated rings. The standard InChI is InChI=1S/C18H23N5O.ClH/c19-14-9-12-5-4-6-13(10-14)17(12)20-18(24)16-11-23(22-21-16)15-7-2-1-3-8-15;/h1-3,7-8,11-14,17H,4-6,9-10,19H2,(H,20,24);1H. The molecule has 2 saturated carbocycles. The second kappa shape index (κ2) is 7.54. The van der Waals surface area contributed by atoms with Crippen LogP contribution >= 0.6 is 12.4 Å². The number of fused-ring (bicyclic) bond motifs is 2. The van der Waals surface area contributed by atoms with Crippen LogP contribution in [0.1, 0.15) is 42.6 Å². The van der Waals surface area contributed by atoms with Crippen LogP contribution in [-0.4, -0.2) is 33.0 Å². The zero-order valence-electron chi connectivity index (χ0n) is 14.0. The second-order valence-electron chi connectivity index (χ2n) is 7.07. The maximum absolute atomic E-state index is 12.6. The van der Waals surface area contributed by atoms with Gasteiger partial charge in [0.1, 0.15) is 0 Å². The Morgan fingerprint density at radius 1 is 1.16 bits per heavy atom. The summed E-state index contributed by atoms with van der Waals surface area (Å²) in [7, 11) is 0. The Labute approximate surface area is 153 Å². The molecule has 2 aliphatic rings. The van der Waals surface area contributed by atoms with Crippen molar-refractivity contribution in [3.8, 4) is 5.69 Å². The summed E-state index contributed by atoms with van der Waals surface area (Å²) in [5.74, 6) is 0.871. The molecule has 0 saturated heterocycles. The maximum atomic E-state index is 12.6. The number of carbonyl (C=O) groups excluding carboxylic acids is 1. The van der Waals surface area contributed by atoms with Gasteiger partial charge in [0.25, 0.3) is 5.91 Å². The van der Waals surface area contributed by atoms with Crippen molar-refractivity contribution in [3.63, 3.8) is 0 Å². The van der Waals surface area contributed by atoms with Gasteiger partial charge < -0.3 is 11.1 Å². The molecule has 25 heavy (non-hydrogen) atoms. The highest BCUT2D eigenvalue weighted by atomic mass is 35.5. The van der Waals surface area contributed by atoms with Crippen LogP contribution in [0.2, 0.25) is 0 Å². The fourth-order valence-electron chi connectivity index (χ4n) is 4.32. The van der Waals surface area contributed by atoms with Crippen molar-refractivity contribution >= 4 is 18.3 Å². The summed E-state index contributed by atoms with van der Waals surface area (Å²) < 4.78 is 1.63. The third kappa shape index (κ3) is 3.70. The molecule has 1 aromatic carbocycles. The SMILES string of the molecule is Cl.NC1CC2CCCC(C1)C2NC(=O)c1cn(-c2ccccc2)nn1. The van der Waals surface area contributed by atoms with E-state index in [-0.39, 0.29) is 30.4 Å². The smallest absolute Gasteiger partial charge is 0.273 e. The molecule has 2 aromatic rings. The Morgan fingerprint density at radius 2 is 1.84 bits per heavy atom. The van der Waals surface area contributed by atoms with Crippen molar-refractivity contribution in [1.82, 2.24) is 20.3 Å². The van der Waals surface area contributed by atoms with E-state index in [0.29, 0.717) is 17.5 Å². The second-order valence-corrected chi connectivity index (χ2v) is 7.07. The molecule has 2 atom stereocenters. The number of carbonyl (C=O) groups is 1. The van der Waals surface area contributed by atoms with Crippen molar-refractivity contribution in [2.75, 3.05) is 0 Å². The summed E-state index contributed by atoms with van der Waals surface area (Å²) in [6.45, 7) is 0. The molecule has 7 heteroatoms. The molecule has 0 aliphatic heterocycles. The number of amides is 1. The van der Waals surface area contributed by atoms with Gasteiger partial charge in [-0.15, -0.1) is 17.5 Å². The molecule has 0 spiro atoms. The van der Waals surface area contributed by atoms with Crippen LogP contribution in [0.4, 0.5) is 0 Å². The minimum atomic E-state index is -0.130. The number of nitrogens with one attached hydrogen (secondary N) is 1. The van der Waals surface area contributed by atoms with Gasteiger partial charge in [0.2, 0.25) is 0 Å². The van der Waals surface area contributed by atoms with E-state index in [1.807, 2.05) is 30.3 Å². The first-order valence-electron chi connectivity index (χ1n) is 8.75. The van der Waals surface area contributed by atoms with Gasteiger partial charge in [0, 0.05) is 12.1 Å². The Bertz CT molecular complexity index is 705. The zero-order chi connectivity index (χ0) is 16.5. The largest absolute Gasteiger partial charge is 0.347 e. The van der Waals surface area contributed by atoms with E-state index in [9.17, 15) is 4.79 Å². The lowest BCUT2D eigenvalue weighted by Crippen LogP contribution is -2.53. The minimum absolute atomic E-state index is 0. The summed E-state index contributed by atoms with van der Waals surface area (Å²) in [5, 5.41) is 11.3. The monoisotopic (exact) mass is 361 g/mol. The van der Waals surface area contributed by atoms with Crippen molar-refractivity contribution < 1.29 is 4.79 Å². The molecule has 3 N–H and O–H groups in total. The van der Waals surface area contributed by atoms with Crippen molar-refractivity contribution in [3.05, 3.63) is 42.2 Å². The number of halogens is 1. The summed E-state index contributed by atoms with van der Waals surface area (Å²) in [6.07, 6.45) is 7.28. The predicted octanol–water partition coefficient (Wildman–Crippen LogP) is 2.32. The van der Waals surface area contributed by atoms with E-state index >= 15 is 0 Å². The lowest BCUT2D eigenvalue weighted by molar-refractivity contribution is 0.0751. The molecule has 0 radical (unpaired) electrons. The number of hydrogen-bond acceptors (Lipinski definition) is 4. The molecule has 1 aromatic heterocycles. The van der Waals surface area contributed by atoms with Crippen LogP contribution < -0.4 is 11.1 Å². The van der Waals surface area contributed by atoms with E-state index in [1.54, 1.807) is 10.9 Å². The summed E-state index contributed by atoms with van der Waals surface area (Å²) in [4.78, 5) is 12.6. The summed E-state index contributed by atoms with van der Waals surface area (Å²) in [5.41, 5.74) is 7.42. The van der Waals surface area contributed by atoms with Crippen LogP contribution in [0.5, 0.6) is 0 Å². The molecule has 2 bridgehead atoms. The van der Waals surface area contributed by atoms with Gasteiger partial charge in [-0.3, -0.25) is 4.79 Å². The molecular weight excluding hydrogens is 338 g/mol. The third-order valence-corrected chi connectivity index (χ3v) is 5.42. The van der Waals surface area contributed by atoms with E-state index in [0.717, 1.165) is 31.4 Å². The molecule has 4 rings (SSSR count). The van der Waals surface area contributed by atoms with Crippen molar-refractivity contribution in [1.29, 1.82) is 0 Å². The first kappa shape index (κ1) is 17.9. The average Bonchev–Trinajstić information content (AvgIpc) is 3.07. The van der Waals surface area contributed by atoms with Crippen LogP contribution in [0.25, 0.3) is 5.69 Å². The number of rotatable bonds is 3. The van der Waals surface area contributed by atoms with Gasteiger partial charge in [0.05, 0.1) is 11.9 Å². The topological polar surface area (TPSA) is 85.8 Å². The van der Waals surface area contributed by atoms with Crippen LogP contribution in [0.3, 0.4) is 0 Å². The number of nitrogens with zero attached hydrogens (tertiary/aromatic N) is 3. The lowest BCUT2D eigenvalue weighted by atomic mass is 9.67. The van der Waals surface area contributed by atoms with Crippen molar-refractivity contribution in [2.24, 2.45) is 17.6 Å². The summed E-state index contributed by atoms with van der Waals surface area (Å²) in [6, 6.07) is 10.2. The quantitative estimate of drug-likeness (QED) is 0.878. The van der Waals surface area contributed by atoms with Gasteiger partial charge in [-0.2, -0.15) is 0 Å². The van der Waals surface area contributed by atoms with Gasteiger partial charge in [-0.05, 0) is 49.7 Å². The van der Waals surface area contributed by atoms with E-state index in [4.69, 9.17) is 5.73 Å². The number of para-hydroxylation sites is 1. The third-order valence-electron chi connectivity index (χ3n) is 5.42. The van der Waals surface area contributed by atoms with Crippen molar-refractivity contribution in [2.45, 2.75) is 44.2 Å². The fraction of sp³-hybridized carbons (Fsp3) is 0.500. The highest BCUT2D eigenvalue weighted by Crippen LogP contribution is 2.39. The number of aromatic nitrogens is 3. The van der Waals surface area contributed by atoms with E-state index in [2.05, 4.69) is 15.6 Å². The highest BCUT2D eigenvalue weighted by molar-refractivity contribution is 5.92. The molecule has 6 nitrogen and oxygen atoms in total. The molecule has 2 aliphatic carbocycles. The first-order chi connectivity index (χ1) is 11.7. The minimum Gasteiger partial charge on any atom is -0.347 e. The first-order valence-corrected chi connectivity index (χ1v) is 8.75.